The third-order valence-electron chi connectivity index (χ3n) is 8.07. The molecule has 0 radical (unpaired) electrons. The average molecular weight is 398 g/mol. The quantitative estimate of drug-likeness (QED) is 0.622. The molecular formula is C21H25F3O4. The van der Waals surface area contributed by atoms with Gasteiger partial charge in [0.1, 0.15) is 11.9 Å². The molecular weight excluding hydrogens is 373 g/mol. The molecule has 6 atom stereocenters. The molecule has 3 fully saturated rings. The van der Waals surface area contributed by atoms with Crippen LogP contribution in [0.2, 0.25) is 0 Å². The van der Waals surface area contributed by atoms with Crippen LogP contribution in [0.5, 0.6) is 0 Å². The average Bonchev–Trinajstić information content (AvgIpc) is 2.89. The molecule has 0 aromatic heterocycles. The van der Waals surface area contributed by atoms with Crippen LogP contribution in [-0.4, -0.2) is 29.8 Å². The Bertz CT molecular complexity index is 770. The Morgan fingerprint density at radius 1 is 1.11 bits per heavy atom. The van der Waals surface area contributed by atoms with Gasteiger partial charge >= 0.3 is 12.1 Å². The topological polar surface area (TPSA) is 60.4 Å². The first-order valence-electron chi connectivity index (χ1n) is 10.0. The Morgan fingerprint density at radius 3 is 2.50 bits per heavy atom. The Morgan fingerprint density at radius 2 is 1.82 bits per heavy atom. The second kappa shape index (κ2) is 6.17. The standard InChI is InChI=1S/C21H25F3O4/c1-19-8-7-12(25)9-11(19)3-4-13-14-5-6-16(26)20(14,2)10-15(17(13)19)28-18(27)21(22,23)24/h9,13-15,17H,3-8,10H2,1-2H3/t13-,14-,15?,17+,19-,20-/m0/s1. The number of esters is 1. The molecule has 7 heteroatoms. The van der Waals surface area contributed by atoms with E-state index in [0.29, 0.717) is 32.1 Å². The fourth-order valence-electron chi connectivity index (χ4n) is 6.74. The van der Waals surface area contributed by atoms with E-state index in [4.69, 9.17) is 4.74 Å². The monoisotopic (exact) mass is 398 g/mol. The smallest absolute Gasteiger partial charge is 0.455 e. The molecule has 154 valence electrons. The van der Waals surface area contributed by atoms with E-state index in [9.17, 15) is 27.6 Å². The molecule has 0 saturated heterocycles. The Kier molecular flexibility index (Phi) is 4.33. The number of alkyl halides is 3. The van der Waals surface area contributed by atoms with E-state index in [1.165, 1.54) is 0 Å². The summed E-state index contributed by atoms with van der Waals surface area (Å²) >= 11 is 0. The minimum Gasteiger partial charge on any atom is -0.455 e. The van der Waals surface area contributed by atoms with Gasteiger partial charge in [0, 0.05) is 24.2 Å². The van der Waals surface area contributed by atoms with Gasteiger partial charge in [-0.25, -0.2) is 4.79 Å². The summed E-state index contributed by atoms with van der Waals surface area (Å²) in [5.74, 6) is -2.25. The van der Waals surface area contributed by atoms with Crippen molar-refractivity contribution >= 4 is 17.5 Å². The predicted octanol–water partition coefficient (Wildman–Crippen LogP) is 4.17. The molecule has 1 unspecified atom stereocenters. The highest BCUT2D eigenvalue weighted by atomic mass is 19.4. The van der Waals surface area contributed by atoms with Gasteiger partial charge in [-0.3, -0.25) is 9.59 Å². The van der Waals surface area contributed by atoms with Crippen molar-refractivity contribution in [3.8, 4) is 0 Å². The Labute approximate surface area is 161 Å². The molecule has 0 N–H and O–H groups in total. The number of carbonyl (C=O) groups excluding carboxylic acids is 3. The Balaban J connectivity index is 1.76. The number of ether oxygens (including phenoxy) is 1. The number of hydrogen-bond donors (Lipinski definition) is 0. The molecule has 3 saturated carbocycles. The van der Waals surface area contributed by atoms with Crippen molar-refractivity contribution in [2.45, 2.75) is 71.1 Å². The summed E-state index contributed by atoms with van der Waals surface area (Å²) in [6, 6.07) is 0. The highest BCUT2D eigenvalue weighted by molar-refractivity contribution is 5.92. The van der Waals surface area contributed by atoms with Gasteiger partial charge in [0.25, 0.3) is 0 Å². The third-order valence-corrected chi connectivity index (χ3v) is 8.07. The van der Waals surface area contributed by atoms with Crippen LogP contribution < -0.4 is 0 Å². The maximum absolute atomic E-state index is 13.0. The van der Waals surface area contributed by atoms with E-state index in [2.05, 4.69) is 0 Å². The lowest BCUT2D eigenvalue weighted by atomic mass is 9.46. The molecule has 0 heterocycles. The van der Waals surface area contributed by atoms with Crippen molar-refractivity contribution in [3.63, 3.8) is 0 Å². The summed E-state index contributed by atoms with van der Waals surface area (Å²) in [5.41, 5.74) is -0.244. The molecule has 4 nitrogen and oxygen atoms in total. The maximum Gasteiger partial charge on any atom is 0.490 e. The molecule has 28 heavy (non-hydrogen) atoms. The minimum absolute atomic E-state index is 0.0200. The SMILES string of the molecule is C[C@]12CCC(=O)C=C1CC[C@@H]1[C@@H]2C(OC(=O)C(F)(F)F)C[C@]2(C)C(=O)CC[C@@H]12. The van der Waals surface area contributed by atoms with Crippen LogP contribution in [-0.2, 0) is 19.1 Å². The van der Waals surface area contributed by atoms with Gasteiger partial charge < -0.3 is 4.74 Å². The summed E-state index contributed by atoms with van der Waals surface area (Å²) in [6.07, 6.45) is -0.746. The van der Waals surface area contributed by atoms with Crippen LogP contribution in [0.15, 0.2) is 11.6 Å². The number of halogens is 3. The molecule has 0 aromatic rings. The predicted molar refractivity (Wildman–Crippen MR) is 93.0 cm³/mol. The van der Waals surface area contributed by atoms with Crippen LogP contribution in [0.3, 0.4) is 0 Å². The van der Waals surface area contributed by atoms with Gasteiger partial charge in [-0.1, -0.05) is 19.4 Å². The van der Waals surface area contributed by atoms with Crippen LogP contribution in [0.25, 0.3) is 0 Å². The van der Waals surface area contributed by atoms with E-state index in [-0.39, 0.29) is 35.7 Å². The van der Waals surface area contributed by atoms with E-state index in [0.717, 1.165) is 12.0 Å². The van der Waals surface area contributed by atoms with Gasteiger partial charge in [-0.15, -0.1) is 0 Å². The Hall–Kier alpha value is -1.66. The first-order chi connectivity index (χ1) is 13.0. The normalized spacial score (nSPS) is 43.0. The highest BCUT2D eigenvalue weighted by Gasteiger charge is 2.63. The molecule has 0 spiro atoms. The van der Waals surface area contributed by atoms with Crippen LogP contribution >= 0.6 is 0 Å². The van der Waals surface area contributed by atoms with E-state index >= 15 is 0 Å². The highest BCUT2D eigenvalue weighted by Crippen LogP contribution is 2.65. The summed E-state index contributed by atoms with van der Waals surface area (Å²) in [4.78, 5) is 36.3. The van der Waals surface area contributed by atoms with Crippen molar-refractivity contribution in [2.24, 2.45) is 28.6 Å². The van der Waals surface area contributed by atoms with Crippen LogP contribution in [0.4, 0.5) is 13.2 Å². The summed E-state index contributed by atoms with van der Waals surface area (Å²) in [5, 5.41) is 0. The fourth-order valence-corrected chi connectivity index (χ4v) is 6.74. The number of ketones is 2. The lowest BCUT2D eigenvalue weighted by molar-refractivity contribution is -0.219. The molecule has 4 rings (SSSR count). The van der Waals surface area contributed by atoms with Crippen LogP contribution in [0, 0.1) is 28.6 Å². The van der Waals surface area contributed by atoms with E-state index in [1.807, 2.05) is 13.8 Å². The van der Waals surface area contributed by atoms with E-state index < -0.39 is 29.1 Å². The molecule has 0 aromatic carbocycles. The van der Waals surface area contributed by atoms with Crippen molar-refractivity contribution in [1.82, 2.24) is 0 Å². The number of allylic oxidation sites excluding steroid dienone is 1. The number of fused-ring (bicyclic) bond motifs is 5. The number of rotatable bonds is 1. The van der Waals surface area contributed by atoms with Gasteiger partial charge in [0.2, 0.25) is 0 Å². The van der Waals surface area contributed by atoms with Gasteiger partial charge in [-0.05, 0) is 55.4 Å². The lowest BCUT2D eigenvalue weighted by Crippen LogP contribution is -2.58. The van der Waals surface area contributed by atoms with Crippen molar-refractivity contribution in [2.75, 3.05) is 0 Å². The summed E-state index contributed by atoms with van der Waals surface area (Å²) in [7, 11) is 0. The van der Waals surface area contributed by atoms with E-state index in [1.54, 1.807) is 6.08 Å². The molecule has 0 amide bonds. The summed E-state index contributed by atoms with van der Waals surface area (Å²) in [6.45, 7) is 3.83. The third kappa shape index (κ3) is 2.76. The lowest BCUT2D eigenvalue weighted by Gasteiger charge is -2.59. The van der Waals surface area contributed by atoms with Crippen molar-refractivity contribution in [3.05, 3.63) is 11.6 Å². The second-order valence-corrected chi connectivity index (χ2v) is 9.41. The number of Topliss-reactive ketones (excluding diaryl/α,β-unsaturated/α-hetero) is 1. The van der Waals surface area contributed by atoms with Gasteiger partial charge in [0.15, 0.2) is 5.78 Å². The zero-order valence-corrected chi connectivity index (χ0v) is 16.1. The zero-order valence-electron chi connectivity index (χ0n) is 16.1. The van der Waals surface area contributed by atoms with Gasteiger partial charge in [0.05, 0.1) is 0 Å². The molecule has 4 aliphatic rings. The largest absolute Gasteiger partial charge is 0.490 e. The second-order valence-electron chi connectivity index (χ2n) is 9.41. The molecule has 0 aliphatic heterocycles. The number of carbonyl (C=O) groups is 3. The minimum atomic E-state index is -5.07. The fraction of sp³-hybridized carbons (Fsp3) is 0.762. The molecule has 0 bridgehead atoms. The van der Waals surface area contributed by atoms with Crippen molar-refractivity contribution < 1.29 is 32.3 Å². The zero-order chi connectivity index (χ0) is 20.5. The van der Waals surface area contributed by atoms with Crippen molar-refractivity contribution in [1.29, 1.82) is 0 Å². The first kappa shape index (κ1) is 19.6. The first-order valence-corrected chi connectivity index (χ1v) is 10.0. The molecule has 4 aliphatic carbocycles. The summed E-state index contributed by atoms with van der Waals surface area (Å²) < 4.78 is 43.9. The van der Waals surface area contributed by atoms with Crippen LogP contribution in [0.1, 0.15) is 58.8 Å². The van der Waals surface area contributed by atoms with Gasteiger partial charge in [-0.2, -0.15) is 13.2 Å². The maximum atomic E-state index is 13.0. The number of hydrogen-bond acceptors (Lipinski definition) is 4.